The van der Waals surface area contributed by atoms with Gasteiger partial charge >= 0.3 is 0 Å². The minimum Gasteiger partial charge on any atom is -0.396 e. The molecule has 5 heteroatoms. The Morgan fingerprint density at radius 2 is 2.50 bits per heavy atom. The molecule has 1 aliphatic heterocycles. The molecule has 2 heterocycles. The maximum atomic E-state index is 9.00. The molecule has 0 radical (unpaired) electrons. The first kappa shape index (κ1) is 9.68. The number of halogens is 1. The molecule has 0 aliphatic carbocycles. The van der Waals surface area contributed by atoms with Gasteiger partial charge in [0.2, 0.25) is 5.28 Å². The van der Waals surface area contributed by atoms with Crippen molar-refractivity contribution in [3.63, 3.8) is 0 Å². The van der Waals surface area contributed by atoms with Crippen LogP contribution < -0.4 is 4.90 Å². The molecule has 14 heavy (non-hydrogen) atoms. The molecule has 0 bridgehead atoms. The van der Waals surface area contributed by atoms with E-state index in [1.807, 2.05) is 6.07 Å². The molecule has 0 spiro atoms. The fourth-order valence-electron chi connectivity index (χ4n) is 1.69. The molecule has 76 valence electrons. The third-order valence-electron chi connectivity index (χ3n) is 2.48. The number of anilines is 1. The van der Waals surface area contributed by atoms with Gasteiger partial charge in [0, 0.05) is 31.8 Å². The Kier molecular flexibility index (Phi) is 2.84. The average Bonchev–Trinajstić information content (AvgIpc) is 2.66. The summed E-state index contributed by atoms with van der Waals surface area (Å²) >= 11 is 5.70. The fourth-order valence-corrected chi connectivity index (χ4v) is 1.83. The number of aromatic nitrogens is 2. The van der Waals surface area contributed by atoms with Crippen LogP contribution in [0.4, 0.5) is 5.82 Å². The van der Waals surface area contributed by atoms with Gasteiger partial charge in [-0.15, -0.1) is 0 Å². The molecule has 1 atom stereocenters. The molecule has 0 aromatic carbocycles. The fraction of sp³-hybridized carbons (Fsp3) is 0.556. The lowest BCUT2D eigenvalue weighted by molar-refractivity contribution is 0.238. The standard InChI is InChI=1S/C9H12ClN3O/c10-9-11-3-1-8(12-9)13-4-2-7(5-13)6-14/h1,3,7,14H,2,4-6H2/t7-/m1/s1. The second-order valence-corrected chi connectivity index (χ2v) is 3.81. The minimum atomic E-state index is 0.245. The summed E-state index contributed by atoms with van der Waals surface area (Å²) in [7, 11) is 0. The predicted octanol–water partition coefficient (Wildman–Crippen LogP) is 0.949. The zero-order chi connectivity index (χ0) is 9.97. The van der Waals surface area contributed by atoms with Crippen LogP contribution in [0.3, 0.4) is 0 Å². The van der Waals surface area contributed by atoms with E-state index in [2.05, 4.69) is 14.9 Å². The highest BCUT2D eigenvalue weighted by Crippen LogP contribution is 2.21. The third-order valence-corrected chi connectivity index (χ3v) is 2.66. The summed E-state index contributed by atoms with van der Waals surface area (Å²) in [4.78, 5) is 10.1. The summed E-state index contributed by atoms with van der Waals surface area (Å²) < 4.78 is 0. The lowest BCUT2D eigenvalue weighted by Crippen LogP contribution is -2.21. The molecule has 2 rings (SSSR count). The van der Waals surface area contributed by atoms with Crippen LogP contribution in [0.5, 0.6) is 0 Å². The van der Waals surface area contributed by atoms with Crippen LogP contribution in [0.1, 0.15) is 6.42 Å². The highest BCUT2D eigenvalue weighted by molar-refractivity contribution is 6.28. The summed E-state index contributed by atoms with van der Waals surface area (Å²) in [5, 5.41) is 9.27. The van der Waals surface area contributed by atoms with Gasteiger partial charge in [0.05, 0.1) is 0 Å². The first-order valence-corrected chi connectivity index (χ1v) is 5.02. The van der Waals surface area contributed by atoms with Crippen LogP contribution >= 0.6 is 11.6 Å². The first-order valence-electron chi connectivity index (χ1n) is 4.64. The molecule has 1 fully saturated rings. The number of aliphatic hydroxyl groups excluding tert-OH is 1. The molecule has 0 unspecified atom stereocenters. The Morgan fingerprint density at radius 1 is 1.64 bits per heavy atom. The van der Waals surface area contributed by atoms with E-state index >= 15 is 0 Å². The number of rotatable bonds is 2. The molecule has 1 saturated heterocycles. The molecule has 1 aliphatic rings. The summed E-state index contributed by atoms with van der Waals surface area (Å²) in [5.41, 5.74) is 0. The first-order chi connectivity index (χ1) is 6.79. The topological polar surface area (TPSA) is 49.2 Å². The van der Waals surface area contributed by atoms with Crippen LogP contribution in [-0.2, 0) is 0 Å². The van der Waals surface area contributed by atoms with Gasteiger partial charge in [0.1, 0.15) is 5.82 Å². The van der Waals surface area contributed by atoms with E-state index in [9.17, 15) is 0 Å². The second kappa shape index (κ2) is 4.11. The van der Waals surface area contributed by atoms with E-state index in [0.29, 0.717) is 5.92 Å². The normalized spacial score (nSPS) is 21.6. The quantitative estimate of drug-likeness (QED) is 0.744. The number of nitrogens with zero attached hydrogens (tertiary/aromatic N) is 3. The van der Waals surface area contributed by atoms with Crippen molar-refractivity contribution in [3.05, 3.63) is 17.5 Å². The monoisotopic (exact) mass is 213 g/mol. The van der Waals surface area contributed by atoms with Crippen molar-refractivity contribution in [2.75, 3.05) is 24.6 Å². The molecule has 4 nitrogen and oxygen atoms in total. The van der Waals surface area contributed by atoms with Crippen LogP contribution in [-0.4, -0.2) is 34.8 Å². The van der Waals surface area contributed by atoms with E-state index in [4.69, 9.17) is 16.7 Å². The lowest BCUT2D eigenvalue weighted by Gasteiger charge is -2.16. The van der Waals surface area contributed by atoms with Crippen LogP contribution in [0, 0.1) is 5.92 Å². The Labute approximate surface area is 87.5 Å². The average molecular weight is 214 g/mol. The second-order valence-electron chi connectivity index (χ2n) is 3.47. The number of hydrogen-bond donors (Lipinski definition) is 1. The van der Waals surface area contributed by atoms with Crippen molar-refractivity contribution in [2.24, 2.45) is 5.92 Å². The molecular weight excluding hydrogens is 202 g/mol. The molecule has 1 N–H and O–H groups in total. The van der Waals surface area contributed by atoms with Crippen molar-refractivity contribution in [3.8, 4) is 0 Å². The maximum Gasteiger partial charge on any atom is 0.224 e. The maximum absolute atomic E-state index is 9.00. The van der Waals surface area contributed by atoms with Crippen molar-refractivity contribution < 1.29 is 5.11 Å². The van der Waals surface area contributed by atoms with Crippen molar-refractivity contribution in [1.29, 1.82) is 0 Å². The SMILES string of the molecule is OC[C@@H]1CCN(c2ccnc(Cl)n2)C1. The highest BCUT2D eigenvalue weighted by Gasteiger charge is 2.22. The van der Waals surface area contributed by atoms with E-state index < -0.39 is 0 Å². The Morgan fingerprint density at radius 3 is 3.14 bits per heavy atom. The van der Waals surface area contributed by atoms with Crippen molar-refractivity contribution in [1.82, 2.24) is 9.97 Å². The van der Waals surface area contributed by atoms with Gasteiger partial charge in [-0.25, -0.2) is 9.97 Å². The van der Waals surface area contributed by atoms with E-state index in [0.717, 1.165) is 25.3 Å². The molecule has 0 saturated carbocycles. The third kappa shape index (κ3) is 1.96. The smallest absolute Gasteiger partial charge is 0.224 e. The highest BCUT2D eigenvalue weighted by atomic mass is 35.5. The van der Waals surface area contributed by atoms with E-state index in [1.54, 1.807) is 6.20 Å². The summed E-state index contributed by atoms with van der Waals surface area (Å²) in [6.45, 7) is 2.03. The molecular formula is C9H12ClN3O. The lowest BCUT2D eigenvalue weighted by atomic mass is 10.1. The number of hydrogen-bond acceptors (Lipinski definition) is 4. The van der Waals surface area contributed by atoms with Gasteiger partial charge in [-0.3, -0.25) is 0 Å². The van der Waals surface area contributed by atoms with Gasteiger partial charge in [-0.2, -0.15) is 0 Å². The van der Waals surface area contributed by atoms with Gasteiger partial charge in [-0.1, -0.05) is 0 Å². The van der Waals surface area contributed by atoms with Gasteiger partial charge in [-0.05, 0) is 24.1 Å². The van der Waals surface area contributed by atoms with E-state index in [1.165, 1.54) is 0 Å². The summed E-state index contributed by atoms with van der Waals surface area (Å²) in [6.07, 6.45) is 2.66. The van der Waals surface area contributed by atoms with Gasteiger partial charge in [0.25, 0.3) is 0 Å². The summed E-state index contributed by atoms with van der Waals surface area (Å²) in [6, 6.07) is 1.84. The molecule has 0 amide bonds. The van der Waals surface area contributed by atoms with Crippen LogP contribution in [0.15, 0.2) is 12.3 Å². The van der Waals surface area contributed by atoms with Gasteiger partial charge < -0.3 is 10.0 Å². The Balaban J connectivity index is 2.09. The largest absolute Gasteiger partial charge is 0.396 e. The summed E-state index contributed by atoms with van der Waals surface area (Å²) in [5.74, 6) is 1.21. The minimum absolute atomic E-state index is 0.245. The Bertz CT molecular complexity index is 321. The predicted molar refractivity (Wildman–Crippen MR) is 54.4 cm³/mol. The zero-order valence-electron chi connectivity index (χ0n) is 7.73. The van der Waals surface area contributed by atoms with Crippen LogP contribution in [0.25, 0.3) is 0 Å². The molecule has 1 aromatic heterocycles. The zero-order valence-corrected chi connectivity index (χ0v) is 8.48. The Hall–Kier alpha value is -0.870. The van der Waals surface area contributed by atoms with Crippen LogP contribution in [0.2, 0.25) is 5.28 Å². The van der Waals surface area contributed by atoms with Gasteiger partial charge in [0.15, 0.2) is 0 Å². The molecule has 1 aromatic rings. The van der Waals surface area contributed by atoms with E-state index in [-0.39, 0.29) is 11.9 Å². The number of aliphatic hydroxyl groups is 1. The van der Waals surface area contributed by atoms with Crippen molar-refractivity contribution in [2.45, 2.75) is 6.42 Å². The van der Waals surface area contributed by atoms with Crippen molar-refractivity contribution >= 4 is 17.4 Å².